The summed E-state index contributed by atoms with van der Waals surface area (Å²) in [7, 11) is 0. The average Bonchev–Trinajstić information content (AvgIpc) is 2.53. The smallest absolute Gasteiger partial charge is 0.410 e. The van der Waals surface area contributed by atoms with E-state index in [4.69, 9.17) is 21.1 Å². The predicted molar refractivity (Wildman–Crippen MR) is 97.0 cm³/mol. The Balaban J connectivity index is 1.71. The number of hydrogen-bond donors (Lipinski definition) is 0. The molecule has 1 atom stereocenters. The summed E-state index contributed by atoms with van der Waals surface area (Å²) in [5.74, 6) is 0.479. The molecule has 2 heterocycles. The van der Waals surface area contributed by atoms with Crippen LogP contribution in [-0.2, 0) is 4.74 Å². The second-order valence-electron chi connectivity index (χ2n) is 7.55. The Labute approximate surface area is 154 Å². The highest BCUT2D eigenvalue weighted by atomic mass is 35.5. The molecule has 1 aliphatic heterocycles. The molecule has 1 fully saturated rings. The molecule has 0 spiro atoms. The lowest BCUT2D eigenvalue weighted by Crippen LogP contribution is -2.42. The fourth-order valence-electron chi connectivity index (χ4n) is 2.80. The number of halogens is 1. The fourth-order valence-corrected chi connectivity index (χ4v) is 2.93. The van der Waals surface area contributed by atoms with Crippen molar-refractivity contribution >= 4 is 17.7 Å². The van der Waals surface area contributed by atoms with Gasteiger partial charge in [-0.3, -0.25) is 0 Å². The number of ether oxygens (including phenoxy) is 2. The normalized spacial score (nSPS) is 18.1. The summed E-state index contributed by atoms with van der Waals surface area (Å²) >= 11 is 5.96. The van der Waals surface area contributed by atoms with Crippen molar-refractivity contribution in [3.63, 3.8) is 0 Å². The van der Waals surface area contributed by atoms with Crippen LogP contribution in [0.15, 0.2) is 6.20 Å². The van der Waals surface area contributed by atoms with Gasteiger partial charge in [0, 0.05) is 24.8 Å². The monoisotopic (exact) mass is 369 g/mol. The van der Waals surface area contributed by atoms with E-state index in [1.165, 1.54) is 0 Å². The van der Waals surface area contributed by atoms with Gasteiger partial charge in [-0.15, -0.1) is 0 Å². The molecule has 0 saturated carbocycles. The first kappa shape index (κ1) is 19.8. The molecule has 140 valence electrons. The summed E-state index contributed by atoms with van der Waals surface area (Å²) < 4.78 is 11.0. The summed E-state index contributed by atoms with van der Waals surface area (Å²) in [5, 5.41) is 0.422. The Bertz CT molecular complexity index is 589. The number of nitrogens with zero attached hydrogens (tertiary/aromatic N) is 3. The van der Waals surface area contributed by atoms with E-state index in [2.05, 4.69) is 9.97 Å². The maximum atomic E-state index is 12.2. The third-order valence-electron chi connectivity index (χ3n) is 4.05. The number of carbonyl (C=O) groups excluding carboxylic acids is 1. The van der Waals surface area contributed by atoms with Crippen molar-refractivity contribution in [1.29, 1.82) is 0 Å². The van der Waals surface area contributed by atoms with E-state index >= 15 is 0 Å². The maximum absolute atomic E-state index is 12.2. The molecular formula is C18H28ClN3O3. The molecule has 0 aliphatic carbocycles. The summed E-state index contributed by atoms with van der Waals surface area (Å²) in [6, 6.07) is 0.314. The molecule has 1 aromatic rings. The van der Waals surface area contributed by atoms with Gasteiger partial charge in [0.1, 0.15) is 10.8 Å². The predicted octanol–water partition coefficient (Wildman–Crippen LogP) is 4.24. The lowest BCUT2D eigenvalue weighted by atomic mass is 9.94. The lowest BCUT2D eigenvalue weighted by Gasteiger charge is -2.34. The number of hydrogen-bond acceptors (Lipinski definition) is 5. The molecule has 0 bridgehead atoms. The van der Waals surface area contributed by atoms with Gasteiger partial charge in [0.15, 0.2) is 0 Å². The molecule has 6 nitrogen and oxygen atoms in total. The zero-order chi connectivity index (χ0) is 18.4. The first-order valence-electron chi connectivity index (χ1n) is 8.84. The minimum Gasteiger partial charge on any atom is -0.463 e. The summed E-state index contributed by atoms with van der Waals surface area (Å²) in [5.41, 5.74) is 0.381. The van der Waals surface area contributed by atoms with Crippen LogP contribution < -0.4 is 4.74 Å². The van der Waals surface area contributed by atoms with E-state index in [9.17, 15) is 4.79 Å². The van der Waals surface area contributed by atoms with E-state index in [1.807, 2.05) is 32.6 Å². The zero-order valence-electron chi connectivity index (χ0n) is 15.5. The Morgan fingerprint density at radius 1 is 1.44 bits per heavy atom. The van der Waals surface area contributed by atoms with Crippen LogP contribution in [0.25, 0.3) is 0 Å². The van der Waals surface area contributed by atoms with Gasteiger partial charge in [-0.05, 0) is 59.3 Å². The molecular weight excluding hydrogens is 342 g/mol. The minimum atomic E-state index is -0.451. The number of rotatable bonds is 5. The number of aryl methyl sites for hydroxylation is 1. The van der Waals surface area contributed by atoms with Crippen molar-refractivity contribution in [2.75, 3.05) is 19.7 Å². The third kappa shape index (κ3) is 6.69. The fraction of sp³-hybridized carbons (Fsp3) is 0.722. The van der Waals surface area contributed by atoms with Gasteiger partial charge < -0.3 is 14.4 Å². The second kappa shape index (κ2) is 8.70. The summed E-state index contributed by atoms with van der Waals surface area (Å²) in [6.07, 6.45) is 5.48. The van der Waals surface area contributed by atoms with Crippen molar-refractivity contribution in [2.24, 2.45) is 5.92 Å². The van der Waals surface area contributed by atoms with Crippen LogP contribution >= 0.6 is 11.6 Å². The maximum Gasteiger partial charge on any atom is 0.410 e. The highest BCUT2D eigenvalue weighted by molar-refractivity contribution is 6.30. The van der Waals surface area contributed by atoms with Crippen LogP contribution in [0.4, 0.5) is 4.79 Å². The summed E-state index contributed by atoms with van der Waals surface area (Å²) in [6.45, 7) is 9.60. The number of likely N-dealkylation sites (tertiary alicyclic amines) is 1. The van der Waals surface area contributed by atoms with Crippen LogP contribution in [0, 0.1) is 12.8 Å². The number of aromatic nitrogens is 2. The van der Waals surface area contributed by atoms with Crippen LogP contribution in [0.1, 0.15) is 52.0 Å². The Kier molecular flexibility index (Phi) is 6.87. The topological polar surface area (TPSA) is 64.5 Å². The highest BCUT2D eigenvalue weighted by Gasteiger charge is 2.27. The lowest BCUT2D eigenvalue weighted by molar-refractivity contribution is 0.0159. The first-order valence-corrected chi connectivity index (χ1v) is 9.22. The van der Waals surface area contributed by atoms with Crippen molar-refractivity contribution in [3.8, 4) is 6.01 Å². The van der Waals surface area contributed by atoms with Gasteiger partial charge in [-0.1, -0.05) is 11.6 Å². The molecule has 0 radical (unpaired) electrons. The molecule has 0 aromatic carbocycles. The highest BCUT2D eigenvalue weighted by Crippen LogP contribution is 2.23. The minimum absolute atomic E-state index is 0.212. The molecule has 25 heavy (non-hydrogen) atoms. The standard InChI is InChI=1S/C18H28ClN3O3/c1-13-11-20-16(21-15(13)19)24-10-6-8-14-7-5-9-22(12-14)17(23)25-18(2,3)4/h11,14H,5-10,12H2,1-4H3/t14-/m0/s1. The van der Waals surface area contributed by atoms with E-state index in [0.29, 0.717) is 23.7 Å². The van der Waals surface area contributed by atoms with Gasteiger partial charge in [0.25, 0.3) is 0 Å². The molecule has 1 amide bonds. The summed E-state index contributed by atoms with van der Waals surface area (Å²) in [4.78, 5) is 22.2. The van der Waals surface area contributed by atoms with E-state index in [1.54, 1.807) is 6.20 Å². The van der Waals surface area contributed by atoms with Gasteiger partial charge in [0.2, 0.25) is 0 Å². The SMILES string of the molecule is Cc1cnc(OCCC[C@@H]2CCCN(C(=O)OC(C)(C)C)C2)nc1Cl. The van der Waals surface area contributed by atoms with Crippen molar-refractivity contribution in [2.45, 2.75) is 59.0 Å². The van der Waals surface area contributed by atoms with Crippen LogP contribution in [0.5, 0.6) is 6.01 Å². The molecule has 0 N–H and O–H groups in total. The van der Waals surface area contributed by atoms with E-state index < -0.39 is 5.60 Å². The van der Waals surface area contributed by atoms with Crippen LogP contribution in [0.3, 0.4) is 0 Å². The largest absolute Gasteiger partial charge is 0.463 e. The van der Waals surface area contributed by atoms with Crippen molar-refractivity contribution in [1.82, 2.24) is 14.9 Å². The number of piperidine rings is 1. The quantitative estimate of drug-likeness (QED) is 0.573. The van der Waals surface area contributed by atoms with Gasteiger partial charge in [0.05, 0.1) is 6.61 Å². The zero-order valence-corrected chi connectivity index (χ0v) is 16.3. The number of carbonyl (C=O) groups is 1. The molecule has 1 aromatic heterocycles. The Hall–Kier alpha value is -1.56. The second-order valence-corrected chi connectivity index (χ2v) is 7.91. The average molecular weight is 370 g/mol. The molecule has 7 heteroatoms. The van der Waals surface area contributed by atoms with E-state index in [0.717, 1.165) is 44.3 Å². The number of amides is 1. The Morgan fingerprint density at radius 3 is 2.88 bits per heavy atom. The van der Waals surface area contributed by atoms with Gasteiger partial charge >= 0.3 is 12.1 Å². The molecule has 0 unspecified atom stereocenters. The molecule has 2 rings (SSSR count). The van der Waals surface area contributed by atoms with Crippen molar-refractivity contribution in [3.05, 3.63) is 16.9 Å². The van der Waals surface area contributed by atoms with E-state index in [-0.39, 0.29) is 6.09 Å². The van der Waals surface area contributed by atoms with Crippen LogP contribution in [-0.4, -0.2) is 46.3 Å². The van der Waals surface area contributed by atoms with Gasteiger partial charge in [-0.2, -0.15) is 4.98 Å². The molecule has 1 aliphatic rings. The van der Waals surface area contributed by atoms with Crippen LogP contribution in [0.2, 0.25) is 5.15 Å². The third-order valence-corrected chi connectivity index (χ3v) is 4.43. The van der Waals surface area contributed by atoms with Gasteiger partial charge in [-0.25, -0.2) is 9.78 Å². The first-order chi connectivity index (χ1) is 11.7. The molecule has 1 saturated heterocycles. The Morgan fingerprint density at radius 2 is 2.20 bits per heavy atom. The van der Waals surface area contributed by atoms with Crippen molar-refractivity contribution < 1.29 is 14.3 Å².